The Bertz CT molecular complexity index is 302. The predicted octanol–water partition coefficient (Wildman–Crippen LogP) is 1.54. The van der Waals surface area contributed by atoms with Gasteiger partial charge in [0.2, 0.25) is 0 Å². The highest BCUT2D eigenvalue weighted by atomic mass is 19.1. The van der Waals surface area contributed by atoms with E-state index in [0.717, 1.165) is 11.3 Å². The Labute approximate surface area is 83.4 Å². The van der Waals surface area contributed by atoms with Crippen molar-refractivity contribution in [2.75, 3.05) is 26.1 Å². The van der Waals surface area contributed by atoms with Crippen molar-refractivity contribution < 1.29 is 9.23 Å². The van der Waals surface area contributed by atoms with Crippen LogP contribution in [0.2, 0.25) is 0 Å². The molecule has 0 fully saturated rings. The zero-order valence-electron chi connectivity index (χ0n) is 8.67. The zero-order chi connectivity index (χ0) is 10.6. The lowest BCUT2D eigenvalue weighted by Gasteiger charge is -2.17. The lowest BCUT2D eigenvalue weighted by molar-refractivity contribution is 0.0867. The molecular weight excluding hydrogens is 183 g/mol. The van der Waals surface area contributed by atoms with Crippen molar-refractivity contribution in [2.45, 2.75) is 6.54 Å². The first-order valence-corrected chi connectivity index (χ1v) is 4.36. The third-order valence-corrected chi connectivity index (χ3v) is 1.93. The number of hydroxylamine groups is 1. The number of hydrogen-bond donors (Lipinski definition) is 1. The predicted molar refractivity (Wildman–Crippen MR) is 54.6 cm³/mol. The van der Waals surface area contributed by atoms with Crippen LogP contribution in [0.1, 0.15) is 5.56 Å². The van der Waals surface area contributed by atoms with Crippen molar-refractivity contribution in [3.63, 3.8) is 0 Å². The first-order valence-electron chi connectivity index (χ1n) is 4.36. The van der Waals surface area contributed by atoms with E-state index in [0.29, 0.717) is 6.54 Å². The average Bonchev–Trinajstić information content (AvgIpc) is 2.14. The molecule has 0 aliphatic heterocycles. The quantitative estimate of drug-likeness (QED) is 0.743. The molecule has 78 valence electrons. The van der Waals surface area contributed by atoms with Crippen LogP contribution >= 0.6 is 0 Å². The van der Waals surface area contributed by atoms with Crippen LogP contribution in [0.25, 0.3) is 0 Å². The minimum atomic E-state index is -0.233. The van der Waals surface area contributed by atoms with Crippen molar-refractivity contribution in [3.05, 3.63) is 29.6 Å². The molecule has 0 amide bonds. The maximum Gasteiger partial charge on any atom is 0.123 e. The summed E-state index contributed by atoms with van der Waals surface area (Å²) >= 11 is 0. The van der Waals surface area contributed by atoms with Crippen LogP contribution in [-0.4, -0.2) is 21.2 Å². The molecule has 1 aromatic carbocycles. The summed E-state index contributed by atoms with van der Waals surface area (Å²) in [6, 6.07) is 4.70. The Kier molecular flexibility index (Phi) is 3.85. The Morgan fingerprint density at radius 3 is 2.71 bits per heavy atom. The molecule has 0 spiro atoms. The molecule has 1 aromatic rings. The van der Waals surface area contributed by atoms with E-state index in [1.165, 1.54) is 19.2 Å². The number of benzene rings is 1. The van der Waals surface area contributed by atoms with Crippen molar-refractivity contribution >= 4 is 5.69 Å². The standard InChI is InChI=1S/C10H15FN2O/c1-13(2)10-5-4-9(11)6-8(10)7-12-14-3/h4-6,12H,7H2,1-3H3. The van der Waals surface area contributed by atoms with Gasteiger partial charge in [-0.3, -0.25) is 0 Å². The van der Waals surface area contributed by atoms with E-state index in [1.807, 2.05) is 19.0 Å². The Morgan fingerprint density at radius 2 is 2.14 bits per heavy atom. The molecular formula is C10H15FN2O. The molecule has 14 heavy (non-hydrogen) atoms. The molecule has 0 radical (unpaired) electrons. The van der Waals surface area contributed by atoms with Crippen LogP contribution < -0.4 is 10.4 Å². The van der Waals surface area contributed by atoms with Crippen LogP contribution in [0.3, 0.4) is 0 Å². The fourth-order valence-corrected chi connectivity index (χ4v) is 1.28. The molecule has 1 rings (SSSR count). The topological polar surface area (TPSA) is 24.5 Å². The van der Waals surface area contributed by atoms with Gasteiger partial charge in [0.25, 0.3) is 0 Å². The Balaban J connectivity index is 2.91. The van der Waals surface area contributed by atoms with Gasteiger partial charge in [-0.1, -0.05) is 0 Å². The Morgan fingerprint density at radius 1 is 1.43 bits per heavy atom. The van der Waals surface area contributed by atoms with E-state index in [1.54, 1.807) is 6.07 Å². The van der Waals surface area contributed by atoms with E-state index in [9.17, 15) is 4.39 Å². The highest BCUT2D eigenvalue weighted by Crippen LogP contribution is 2.19. The van der Waals surface area contributed by atoms with Crippen LogP contribution in [0.15, 0.2) is 18.2 Å². The van der Waals surface area contributed by atoms with Crippen LogP contribution in [0, 0.1) is 5.82 Å². The van der Waals surface area contributed by atoms with Gasteiger partial charge in [0, 0.05) is 26.3 Å². The van der Waals surface area contributed by atoms with Crippen molar-refractivity contribution in [1.82, 2.24) is 5.48 Å². The van der Waals surface area contributed by atoms with Gasteiger partial charge in [-0.2, -0.15) is 5.48 Å². The lowest BCUT2D eigenvalue weighted by atomic mass is 10.1. The highest BCUT2D eigenvalue weighted by Gasteiger charge is 2.05. The van der Waals surface area contributed by atoms with Gasteiger partial charge in [-0.25, -0.2) is 4.39 Å². The average molecular weight is 198 g/mol. The van der Waals surface area contributed by atoms with Gasteiger partial charge >= 0.3 is 0 Å². The summed E-state index contributed by atoms with van der Waals surface area (Å²) in [5.41, 5.74) is 4.55. The van der Waals surface area contributed by atoms with Gasteiger partial charge in [-0.15, -0.1) is 0 Å². The van der Waals surface area contributed by atoms with E-state index < -0.39 is 0 Å². The SMILES string of the molecule is CONCc1cc(F)ccc1N(C)C. The maximum atomic E-state index is 13.0. The number of halogens is 1. The monoisotopic (exact) mass is 198 g/mol. The summed E-state index contributed by atoms with van der Waals surface area (Å²) in [5.74, 6) is -0.233. The molecule has 0 bridgehead atoms. The van der Waals surface area contributed by atoms with Crippen molar-refractivity contribution in [1.29, 1.82) is 0 Å². The zero-order valence-corrected chi connectivity index (χ0v) is 8.67. The molecule has 0 aromatic heterocycles. The Hall–Kier alpha value is -1.13. The summed E-state index contributed by atoms with van der Waals surface area (Å²) in [6.07, 6.45) is 0. The van der Waals surface area contributed by atoms with Gasteiger partial charge in [-0.05, 0) is 23.8 Å². The fraction of sp³-hybridized carbons (Fsp3) is 0.400. The maximum absolute atomic E-state index is 13.0. The van der Waals surface area contributed by atoms with E-state index in [2.05, 4.69) is 5.48 Å². The normalized spacial score (nSPS) is 10.3. The van der Waals surface area contributed by atoms with Crippen LogP contribution in [0.5, 0.6) is 0 Å². The van der Waals surface area contributed by atoms with Gasteiger partial charge in [0.15, 0.2) is 0 Å². The molecule has 0 unspecified atom stereocenters. The summed E-state index contributed by atoms with van der Waals surface area (Å²) in [7, 11) is 5.38. The van der Waals surface area contributed by atoms with Gasteiger partial charge in [0.05, 0.1) is 7.11 Å². The van der Waals surface area contributed by atoms with Gasteiger partial charge in [0.1, 0.15) is 5.82 Å². The van der Waals surface area contributed by atoms with E-state index in [-0.39, 0.29) is 5.82 Å². The summed E-state index contributed by atoms with van der Waals surface area (Å²) in [6.45, 7) is 0.488. The van der Waals surface area contributed by atoms with E-state index >= 15 is 0 Å². The van der Waals surface area contributed by atoms with Crippen LogP contribution in [-0.2, 0) is 11.4 Å². The largest absolute Gasteiger partial charge is 0.377 e. The van der Waals surface area contributed by atoms with Gasteiger partial charge < -0.3 is 9.74 Å². The highest BCUT2D eigenvalue weighted by molar-refractivity contribution is 5.52. The minimum Gasteiger partial charge on any atom is -0.377 e. The van der Waals surface area contributed by atoms with Crippen molar-refractivity contribution in [3.8, 4) is 0 Å². The van der Waals surface area contributed by atoms with Crippen molar-refractivity contribution in [2.24, 2.45) is 0 Å². The molecule has 0 atom stereocenters. The number of hydrogen-bond acceptors (Lipinski definition) is 3. The summed E-state index contributed by atoms with van der Waals surface area (Å²) in [5, 5.41) is 0. The molecule has 3 nitrogen and oxygen atoms in total. The number of nitrogens with one attached hydrogen (secondary N) is 1. The number of rotatable bonds is 4. The number of nitrogens with zero attached hydrogens (tertiary/aromatic N) is 1. The minimum absolute atomic E-state index is 0.233. The lowest BCUT2D eigenvalue weighted by Crippen LogP contribution is -2.16. The second-order valence-corrected chi connectivity index (χ2v) is 3.19. The molecule has 0 saturated heterocycles. The molecule has 0 saturated carbocycles. The summed E-state index contributed by atoms with van der Waals surface area (Å²) in [4.78, 5) is 6.67. The summed E-state index contributed by atoms with van der Waals surface area (Å²) < 4.78 is 13.0. The van der Waals surface area contributed by atoms with E-state index in [4.69, 9.17) is 4.84 Å². The van der Waals surface area contributed by atoms with Crippen LogP contribution in [0.4, 0.5) is 10.1 Å². The second kappa shape index (κ2) is 4.93. The first kappa shape index (κ1) is 10.9. The fourth-order valence-electron chi connectivity index (χ4n) is 1.28. The molecule has 4 heteroatoms. The first-order chi connectivity index (χ1) is 6.65. The molecule has 0 aliphatic carbocycles. The molecule has 0 aliphatic rings. The smallest absolute Gasteiger partial charge is 0.123 e. The third kappa shape index (κ3) is 2.68. The molecule has 0 heterocycles. The second-order valence-electron chi connectivity index (χ2n) is 3.19. The number of anilines is 1. The molecule has 1 N–H and O–H groups in total. The third-order valence-electron chi connectivity index (χ3n) is 1.93.